The van der Waals surface area contributed by atoms with E-state index in [-0.39, 0.29) is 23.5 Å². The molecule has 0 spiro atoms. The van der Waals surface area contributed by atoms with E-state index in [1.165, 1.54) is 4.31 Å². The maximum atomic E-state index is 13.3. The molecular formula is C24H30N2O5S. The molecule has 172 valence electrons. The summed E-state index contributed by atoms with van der Waals surface area (Å²) in [4.78, 5) is 15.3. The molecule has 32 heavy (non-hydrogen) atoms. The second kappa shape index (κ2) is 10.0. The zero-order valence-electron chi connectivity index (χ0n) is 18.4. The Morgan fingerprint density at radius 2 is 1.81 bits per heavy atom. The lowest BCUT2D eigenvalue weighted by molar-refractivity contribution is 0.0652. The zero-order chi connectivity index (χ0) is 22.6. The minimum atomic E-state index is -3.59. The first-order valence-electron chi connectivity index (χ1n) is 11.1. The first-order chi connectivity index (χ1) is 15.4. The molecule has 1 unspecified atom stereocenters. The number of aryl methyl sites for hydroxylation is 1. The molecule has 2 aromatic rings. The monoisotopic (exact) mass is 458 g/mol. The van der Waals surface area contributed by atoms with Gasteiger partial charge < -0.3 is 14.4 Å². The van der Waals surface area contributed by atoms with Gasteiger partial charge in [0.15, 0.2) is 0 Å². The minimum Gasteiger partial charge on any atom is -0.490 e. The molecule has 2 aliphatic rings. The van der Waals surface area contributed by atoms with Crippen LogP contribution in [0.5, 0.6) is 5.75 Å². The van der Waals surface area contributed by atoms with Crippen molar-refractivity contribution in [3.8, 4) is 5.75 Å². The number of hydrogen-bond acceptors (Lipinski definition) is 5. The highest BCUT2D eigenvalue weighted by atomic mass is 32.2. The summed E-state index contributed by atoms with van der Waals surface area (Å²) >= 11 is 0. The molecule has 0 N–H and O–H groups in total. The summed E-state index contributed by atoms with van der Waals surface area (Å²) in [5.41, 5.74) is 1.51. The molecule has 0 bridgehead atoms. The highest BCUT2D eigenvalue weighted by molar-refractivity contribution is 7.89. The van der Waals surface area contributed by atoms with E-state index >= 15 is 0 Å². The Labute approximate surface area is 190 Å². The number of carbonyl (C=O) groups excluding carboxylic acids is 1. The van der Waals surface area contributed by atoms with Gasteiger partial charge in [-0.3, -0.25) is 4.79 Å². The van der Waals surface area contributed by atoms with E-state index in [1.807, 2.05) is 19.1 Å². The van der Waals surface area contributed by atoms with Crippen LogP contribution in [-0.2, 0) is 14.8 Å². The van der Waals surface area contributed by atoms with Crippen molar-refractivity contribution in [2.75, 3.05) is 39.4 Å². The standard InChI is InChI=1S/C24H30N2O5S/c1-19-9-11-21(12-10-19)32(28,29)26-14-5-13-25(15-16-26)24(27)22-7-2-3-8-23(22)31-18-20-6-4-17-30-20/h2-3,7-12,20H,4-6,13-18H2,1H3. The predicted octanol–water partition coefficient (Wildman–Crippen LogP) is 3.09. The van der Waals surface area contributed by atoms with E-state index in [2.05, 4.69) is 0 Å². The molecule has 8 heteroatoms. The fourth-order valence-electron chi connectivity index (χ4n) is 4.09. The van der Waals surface area contributed by atoms with Crippen LogP contribution >= 0.6 is 0 Å². The molecule has 0 aliphatic carbocycles. The molecule has 2 saturated heterocycles. The summed E-state index contributed by atoms with van der Waals surface area (Å²) in [7, 11) is -3.59. The van der Waals surface area contributed by atoms with Crippen LogP contribution in [0, 0.1) is 6.92 Å². The van der Waals surface area contributed by atoms with Crippen molar-refractivity contribution >= 4 is 15.9 Å². The van der Waals surface area contributed by atoms with E-state index in [1.54, 1.807) is 41.3 Å². The van der Waals surface area contributed by atoms with Crippen molar-refractivity contribution in [2.45, 2.75) is 37.2 Å². The molecule has 7 nitrogen and oxygen atoms in total. The van der Waals surface area contributed by atoms with Gasteiger partial charge in [-0.15, -0.1) is 0 Å². The van der Waals surface area contributed by atoms with Gasteiger partial charge in [0.2, 0.25) is 10.0 Å². The number of sulfonamides is 1. The fourth-order valence-corrected chi connectivity index (χ4v) is 5.56. The van der Waals surface area contributed by atoms with Crippen molar-refractivity contribution in [1.29, 1.82) is 0 Å². The molecule has 0 saturated carbocycles. The van der Waals surface area contributed by atoms with Crippen LogP contribution in [0.2, 0.25) is 0 Å². The Kier molecular flexibility index (Phi) is 7.13. The number of rotatable bonds is 6. The van der Waals surface area contributed by atoms with Gasteiger partial charge in [0.1, 0.15) is 12.4 Å². The topological polar surface area (TPSA) is 76.2 Å². The lowest BCUT2D eigenvalue weighted by Gasteiger charge is -2.23. The van der Waals surface area contributed by atoms with E-state index in [0.29, 0.717) is 44.0 Å². The van der Waals surface area contributed by atoms with Crippen molar-refractivity contribution in [1.82, 2.24) is 9.21 Å². The van der Waals surface area contributed by atoms with Gasteiger partial charge in [-0.1, -0.05) is 29.8 Å². The highest BCUT2D eigenvalue weighted by Gasteiger charge is 2.29. The number of hydrogen-bond donors (Lipinski definition) is 0. The summed E-state index contributed by atoms with van der Waals surface area (Å²) in [5.74, 6) is 0.406. The quantitative estimate of drug-likeness (QED) is 0.665. The second-order valence-electron chi connectivity index (χ2n) is 8.31. The number of ether oxygens (including phenoxy) is 2. The third-order valence-corrected chi connectivity index (χ3v) is 7.88. The molecular weight excluding hydrogens is 428 g/mol. The van der Waals surface area contributed by atoms with Gasteiger partial charge >= 0.3 is 0 Å². The van der Waals surface area contributed by atoms with E-state index < -0.39 is 10.0 Å². The molecule has 4 rings (SSSR count). The Balaban J connectivity index is 1.43. The predicted molar refractivity (Wildman–Crippen MR) is 121 cm³/mol. The molecule has 2 aromatic carbocycles. The molecule has 2 aliphatic heterocycles. The molecule has 0 radical (unpaired) electrons. The molecule has 1 amide bonds. The highest BCUT2D eigenvalue weighted by Crippen LogP contribution is 2.24. The van der Waals surface area contributed by atoms with Crippen LogP contribution in [0.4, 0.5) is 0 Å². The lowest BCUT2D eigenvalue weighted by Crippen LogP contribution is -2.37. The maximum absolute atomic E-state index is 13.3. The average molecular weight is 459 g/mol. The van der Waals surface area contributed by atoms with Crippen LogP contribution < -0.4 is 4.74 Å². The second-order valence-corrected chi connectivity index (χ2v) is 10.2. The number of para-hydroxylation sites is 1. The summed E-state index contributed by atoms with van der Waals surface area (Å²) in [5, 5.41) is 0. The van der Waals surface area contributed by atoms with Crippen molar-refractivity contribution in [2.24, 2.45) is 0 Å². The van der Waals surface area contributed by atoms with E-state index in [4.69, 9.17) is 9.47 Å². The maximum Gasteiger partial charge on any atom is 0.257 e. The number of benzene rings is 2. The van der Waals surface area contributed by atoms with Crippen LogP contribution in [-0.4, -0.2) is 69.0 Å². The molecule has 0 aromatic heterocycles. The summed E-state index contributed by atoms with van der Waals surface area (Å²) in [6.45, 7) is 4.59. The van der Waals surface area contributed by atoms with Gasteiger partial charge in [0, 0.05) is 32.8 Å². The number of amides is 1. The van der Waals surface area contributed by atoms with Crippen LogP contribution in [0.3, 0.4) is 0 Å². The van der Waals surface area contributed by atoms with Gasteiger partial charge in [-0.2, -0.15) is 4.31 Å². The van der Waals surface area contributed by atoms with Crippen molar-refractivity contribution in [3.63, 3.8) is 0 Å². The number of nitrogens with zero attached hydrogens (tertiary/aromatic N) is 2. The van der Waals surface area contributed by atoms with E-state index in [0.717, 1.165) is 25.0 Å². The molecule has 2 heterocycles. The summed E-state index contributed by atoms with van der Waals surface area (Å²) in [6, 6.07) is 14.1. The zero-order valence-corrected chi connectivity index (χ0v) is 19.2. The lowest BCUT2D eigenvalue weighted by atomic mass is 10.1. The van der Waals surface area contributed by atoms with Crippen molar-refractivity contribution < 1.29 is 22.7 Å². The molecule has 2 fully saturated rings. The van der Waals surface area contributed by atoms with Crippen LogP contribution in [0.25, 0.3) is 0 Å². The largest absolute Gasteiger partial charge is 0.490 e. The van der Waals surface area contributed by atoms with Crippen molar-refractivity contribution in [3.05, 3.63) is 59.7 Å². The summed E-state index contributed by atoms with van der Waals surface area (Å²) in [6.07, 6.45) is 2.64. The first kappa shape index (κ1) is 22.8. The van der Waals surface area contributed by atoms with Gasteiger partial charge in [-0.25, -0.2) is 8.42 Å². The normalized spacial score (nSPS) is 20.2. The Hall–Kier alpha value is -2.42. The average Bonchev–Trinajstić information content (AvgIpc) is 3.19. The van der Waals surface area contributed by atoms with Gasteiger partial charge in [0.05, 0.1) is 16.6 Å². The fraction of sp³-hybridized carbons (Fsp3) is 0.458. The third-order valence-electron chi connectivity index (χ3n) is 5.97. The Morgan fingerprint density at radius 1 is 1.03 bits per heavy atom. The Bertz CT molecular complexity index is 1030. The van der Waals surface area contributed by atoms with Crippen LogP contribution in [0.15, 0.2) is 53.4 Å². The van der Waals surface area contributed by atoms with Gasteiger partial charge in [-0.05, 0) is 50.5 Å². The van der Waals surface area contributed by atoms with Crippen LogP contribution in [0.1, 0.15) is 35.2 Å². The number of carbonyl (C=O) groups is 1. The smallest absolute Gasteiger partial charge is 0.257 e. The minimum absolute atomic E-state index is 0.0666. The molecule has 1 atom stereocenters. The SMILES string of the molecule is Cc1ccc(S(=O)(=O)N2CCCN(C(=O)c3ccccc3OCC3CCCO3)CC2)cc1. The third kappa shape index (κ3) is 5.14. The van der Waals surface area contributed by atoms with Gasteiger partial charge in [0.25, 0.3) is 5.91 Å². The summed E-state index contributed by atoms with van der Waals surface area (Å²) < 4.78 is 39.1. The Morgan fingerprint density at radius 3 is 2.56 bits per heavy atom. The first-order valence-corrected chi connectivity index (χ1v) is 12.6. The van der Waals surface area contributed by atoms with E-state index in [9.17, 15) is 13.2 Å².